The van der Waals surface area contributed by atoms with Crippen molar-refractivity contribution in [1.82, 2.24) is 15.0 Å². The molecule has 0 aliphatic carbocycles. The van der Waals surface area contributed by atoms with Gasteiger partial charge in [-0.25, -0.2) is 15.0 Å². The molecule has 4 nitrogen and oxygen atoms in total. The summed E-state index contributed by atoms with van der Waals surface area (Å²) in [5.41, 5.74) is 15.4. The van der Waals surface area contributed by atoms with Crippen LogP contribution >= 0.6 is 0 Å². The molecule has 61 heavy (non-hydrogen) atoms. The molecule has 0 N–H and O–H groups in total. The third-order valence-electron chi connectivity index (χ3n) is 11.4. The minimum Gasteiger partial charge on any atom is -0.455 e. The van der Waals surface area contributed by atoms with Crippen LogP contribution in [0.1, 0.15) is 0 Å². The summed E-state index contributed by atoms with van der Waals surface area (Å²) in [6.45, 7) is 0. The molecule has 0 bridgehead atoms. The summed E-state index contributed by atoms with van der Waals surface area (Å²) in [6.07, 6.45) is 0. The van der Waals surface area contributed by atoms with Gasteiger partial charge in [-0.1, -0.05) is 212 Å². The number of benzene rings is 9. The van der Waals surface area contributed by atoms with Crippen LogP contribution in [0.2, 0.25) is 0 Å². The van der Waals surface area contributed by atoms with Crippen LogP contribution in [0, 0.1) is 0 Å². The van der Waals surface area contributed by atoms with Gasteiger partial charge in [-0.2, -0.15) is 0 Å². The third-order valence-corrected chi connectivity index (χ3v) is 11.4. The van der Waals surface area contributed by atoms with E-state index in [1.807, 2.05) is 24.3 Å². The average molecular weight is 780 g/mol. The highest BCUT2D eigenvalue weighted by molar-refractivity contribution is 6.16. The van der Waals surface area contributed by atoms with E-state index >= 15 is 0 Å². The molecule has 11 aromatic rings. The quantitative estimate of drug-likeness (QED) is 0.154. The first-order valence-corrected chi connectivity index (χ1v) is 20.5. The number of fused-ring (bicyclic) bond motifs is 3. The van der Waals surface area contributed by atoms with E-state index in [9.17, 15) is 0 Å². The Hall–Kier alpha value is -8.21. The van der Waals surface area contributed by atoms with Crippen molar-refractivity contribution in [3.63, 3.8) is 0 Å². The molecule has 286 valence electrons. The zero-order valence-corrected chi connectivity index (χ0v) is 33.1. The van der Waals surface area contributed by atoms with Crippen molar-refractivity contribution >= 4 is 21.9 Å². The Morgan fingerprint density at radius 3 is 1.10 bits per heavy atom. The Morgan fingerprint density at radius 2 is 0.639 bits per heavy atom. The average Bonchev–Trinajstić information content (AvgIpc) is 3.74. The van der Waals surface area contributed by atoms with Gasteiger partial charge >= 0.3 is 0 Å². The molecule has 0 atom stereocenters. The maximum atomic E-state index is 6.95. The smallest absolute Gasteiger partial charge is 0.164 e. The molecule has 0 spiro atoms. The maximum Gasteiger partial charge on any atom is 0.164 e. The van der Waals surface area contributed by atoms with Crippen molar-refractivity contribution in [2.45, 2.75) is 0 Å². The van der Waals surface area contributed by atoms with Crippen molar-refractivity contribution in [2.24, 2.45) is 0 Å². The lowest BCUT2D eigenvalue weighted by Crippen LogP contribution is -2.01. The molecule has 0 amide bonds. The number of furan rings is 1. The van der Waals surface area contributed by atoms with Crippen molar-refractivity contribution in [3.8, 4) is 89.8 Å². The van der Waals surface area contributed by atoms with Crippen LogP contribution in [-0.2, 0) is 0 Å². The number of rotatable bonds is 8. The van der Waals surface area contributed by atoms with Gasteiger partial charge in [-0.3, -0.25) is 0 Å². The van der Waals surface area contributed by atoms with Crippen molar-refractivity contribution in [2.75, 3.05) is 0 Å². The molecule has 0 unspecified atom stereocenters. The highest BCUT2D eigenvalue weighted by Gasteiger charge is 2.21. The molecule has 11 rings (SSSR count). The molecular formula is C57H37N3O. The molecule has 0 radical (unpaired) electrons. The number of hydrogen-bond acceptors (Lipinski definition) is 4. The van der Waals surface area contributed by atoms with Gasteiger partial charge in [0.05, 0.1) is 0 Å². The molecule has 0 saturated heterocycles. The standard InChI is InChI=1S/C57H37N3O/c1-5-14-38(15-6-1)42-24-30-45(31-25-42)49-22-13-23-50-53-51(36-48(37-52(53)61-54(49)50)41-20-11-4-12-21-41)57-59-55(46-32-26-43(27-33-46)39-16-7-2-8-17-39)58-56(60-57)47-34-28-44(29-35-47)40-18-9-3-10-19-40/h1-37H. The highest BCUT2D eigenvalue weighted by atomic mass is 16.3. The van der Waals surface area contributed by atoms with Gasteiger partial charge in [0.15, 0.2) is 17.5 Å². The van der Waals surface area contributed by atoms with Crippen LogP contribution < -0.4 is 0 Å². The number of nitrogens with zero attached hydrogens (tertiary/aromatic N) is 3. The lowest BCUT2D eigenvalue weighted by molar-refractivity contribution is 0.670. The predicted octanol–water partition coefficient (Wildman–Crippen LogP) is 15.1. The summed E-state index contributed by atoms with van der Waals surface area (Å²) >= 11 is 0. The summed E-state index contributed by atoms with van der Waals surface area (Å²) in [7, 11) is 0. The summed E-state index contributed by atoms with van der Waals surface area (Å²) in [5.74, 6) is 1.76. The Morgan fingerprint density at radius 1 is 0.262 bits per heavy atom. The number of aromatic nitrogens is 3. The molecule has 2 aromatic heterocycles. The molecule has 0 aliphatic heterocycles. The van der Waals surface area contributed by atoms with E-state index in [0.717, 1.165) is 83.1 Å². The summed E-state index contributed by atoms with van der Waals surface area (Å²) in [6, 6.07) is 78.1. The first-order chi connectivity index (χ1) is 30.2. The Balaban J connectivity index is 1.11. The molecule has 9 aromatic carbocycles. The fraction of sp³-hybridized carbons (Fsp3) is 0. The van der Waals surface area contributed by atoms with E-state index < -0.39 is 0 Å². The number of hydrogen-bond donors (Lipinski definition) is 0. The van der Waals surface area contributed by atoms with Crippen LogP contribution in [0.5, 0.6) is 0 Å². The zero-order chi connectivity index (χ0) is 40.5. The van der Waals surface area contributed by atoms with Gasteiger partial charge < -0.3 is 4.42 Å². The van der Waals surface area contributed by atoms with Crippen molar-refractivity contribution in [1.29, 1.82) is 0 Å². The molecule has 4 heteroatoms. The molecule has 0 fully saturated rings. The molecule has 0 aliphatic rings. The van der Waals surface area contributed by atoms with Crippen molar-refractivity contribution in [3.05, 3.63) is 224 Å². The largest absolute Gasteiger partial charge is 0.455 e. The highest BCUT2D eigenvalue weighted by Crippen LogP contribution is 2.43. The minimum atomic E-state index is 0.572. The van der Waals surface area contributed by atoms with Crippen LogP contribution in [0.3, 0.4) is 0 Å². The second-order valence-corrected chi connectivity index (χ2v) is 15.2. The number of para-hydroxylation sites is 1. The van der Waals surface area contributed by atoms with Gasteiger partial charge in [0.2, 0.25) is 0 Å². The van der Waals surface area contributed by atoms with Gasteiger partial charge in [0, 0.05) is 33.0 Å². The topological polar surface area (TPSA) is 51.8 Å². The second kappa shape index (κ2) is 15.5. The zero-order valence-electron chi connectivity index (χ0n) is 33.1. The third kappa shape index (κ3) is 6.96. The molecule has 2 heterocycles. The first kappa shape index (κ1) is 35.9. The Labute approximate surface area is 354 Å². The normalized spacial score (nSPS) is 11.3. The molecule has 0 saturated carbocycles. The van der Waals surface area contributed by atoms with Gasteiger partial charge in [0.1, 0.15) is 11.2 Å². The van der Waals surface area contributed by atoms with E-state index in [0.29, 0.717) is 17.5 Å². The summed E-state index contributed by atoms with van der Waals surface area (Å²) < 4.78 is 6.95. The lowest BCUT2D eigenvalue weighted by atomic mass is 9.96. The van der Waals surface area contributed by atoms with E-state index in [4.69, 9.17) is 19.4 Å². The predicted molar refractivity (Wildman–Crippen MR) is 251 cm³/mol. The van der Waals surface area contributed by atoms with Crippen LogP contribution in [0.4, 0.5) is 0 Å². The first-order valence-electron chi connectivity index (χ1n) is 20.5. The van der Waals surface area contributed by atoms with Crippen molar-refractivity contribution < 1.29 is 4.42 Å². The Kier molecular flexibility index (Phi) is 9.14. The van der Waals surface area contributed by atoms with Gasteiger partial charge in [-0.15, -0.1) is 0 Å². The summed E-state index contributed by atoms with van der Waals surface area (Å²) in [4.78, 5) is 15.7. The van der Waals surface area contributed by atoms with E-state index in [-0.39, 0.29) is 0 Å². The molecular weight excluding hydrogens is 743 g/mol. The van der Waals surface area contributed by atoms with Gasteiger partial charge in [-0.05, 0) is 62.2 Å². The monoisotopic (exact) mass is 779 g/mol. The van der Waals surface area contributed by atoms with Crippen LogP contribution in [-0.4, -0.2) is 15.0 Å². The lowest BCUT2D eigenvalue weighted by Gasteiger charge is -2.12. The fourth-order valence-corrected chi connectivity index (χ4v) is 8.24. The van der Waals surface area contributed by atoms with Gasteiger partial charge in [0.25, 0.3) is 0 Å². The van der Waals surface area contributed by atoms with Crippen LogP contribution in [0.25, 0.3) is 112 Å². The second-order valence-electron chi connectivity index (χ2n) is 15.2. The summed E-state index contributed by atoms with van der Waals surface area (Å²) in [5, 5.41) is 1.96. The SMILES string of the molecule is c1ccc(-c2ccc(-c3nc(-c4ccc(-c5ccccc5)cc4)nc(-c4cc(-c5ccccc5)cc5oc6c(-c7ccc(-c8ccccc8)cc7)cccc6c45)n3)cc2)cc1. The van der Waals surface area contributed by atoms with E-state index in [2.05, 4.69) is 200 Å². The van der Waals surface area contributed by atoms with Crippen LogP contribution in [0.15, 0.2) is 229 Å². The van der Waals surface area contributed by atoms with E-state index in [1.54, 1.807) is 0 Å². The maximum absolute atomic E-state index is 6.95. The van der Waals surface area contributed by atoms with E-state index in [1.165, 1.54) is 11.1 Å². The Bertz CT molecular complexity index is 3190. The minimum absolute atomic E-state index is 0.572. The fourth-order valence-electron chi connectivity index (χ4n) is 8.24.